The van der Waals surface area contributed by atoms with Crippen molar-refractivity contribution in [1.82, 2.24) is 19.4 Å². The summed E-state index contributed by atoms with van der Waals surface area (Å²) >= 11 is 0. The summed E-state index contributed by atoms with van der Waals surface area (Å²) in [5, 5.41) is 7.68. The summed E-state index contributed by atoms with van der Waals surface area (Å²) in [6.45, 7) is 4.88. The summed E-state index contributed by atoms with van der Waals surface area (Å²) in [6, 6.07) is 12.4. The van der Waals surface area contributed by atoms with E-state index in [1.165, 1.54) is 0 Å². The minimum atomic E-state index is -0.212. The molecule has 3 aromatic heterocycles. The Morgan fingerprint density at radius 2 is 1.84 bits per heavy atom. The molecule has 38 heavy (non-hydrogen) atoms. The first-order valence-corrected chi connectivity index (χ1v) is 13.5. The van der Waals surface area contributed by atoms with Crippen LogP contribution >= 0.6 is 0 Å². The van der Waals surface area contributed by atoms with E-state index in [4.69, 9.17) is 14.1 Å². The number of hydrogen-bond donors (Lipinski definition) is 2. The van der Waals surface area contributed by atoms with Crippen LogP contribution in [-0.4, -0.2) is 52.2 Å². The topological polar surface area (TPSA) is 97.5 Å². The Labute approximate surface area is 221 Å². The fourth-order valence-electron chi connectivity index (χ4n) is 5.12. The molecule has 2 fully saturated rings. The van der Waals surface area contributed by atoms with Crippen molar-refractivity contribution >= 4 is 28.4 Å². The predicted octanol–water partition coefficient (Wildman–Crippen LogP) is 4.96. The Kier molecular flexibility index (Phi) is 6.76. The van der Waals surface area contributed by atoms with Gasteiger partial charge in [0.15, 0.2) is 5.75 Å². The minimum Gasteiger partial charge on any atom is -0.488 e. The normalized spacial score (nSPS) is 16.6. The third-order valence-corrected chi connectivity index (χ3v) is 7.38. The molecule has 9 nitrogen and oxygen atoms in total. The molecule has 2 N–H and O–H groups in total. The van der Waals surface area contributed by atoms with E-state index < -0.39 is 0 Å². The number of benzene rings is 1. The highest BCUT2D eigenvalue weighted by Crippen LogP contribution is 2.42. The molecule has 1 aliphatic carbocycles. The number of nitrogens with one attached hydrogen (secondary N) is 2. The lowest BCUT2D eigenvalue weighted by Gasteiger charge is -2.30. The monoisotopic (exact) mass is 514 g/mol. The van der Waals surface area contributed by atoms with Crippen molar-refractivity contribution in [2.75, 3.05) is 37.4 Å². The van der Waals surface area contributed by atoms with Crippen molar-refractivity contribution in [3.8, 4) is 5.75 Å². The first-order chi connectivity index (χ1) is 18.6. The zero-order valence-electron chi connectivity index (χ0n) is 21.9. The summed E-state index contributed by atoms with van der Waals surface area (Å²) < 4.78 is 13.1. The highest BCUT2D eigenvalue weighted by Gasteiger charge is 2.29. The van der Waals surface area contributed by atoms with Crippen LogP contribution in [0.4, 0.5) is 17.3 Å². The number of nitrogens with zero attached hydrogens (tertiary/aromatic N) is 4. The Hall–Kier alpha value is -3.85. The SMILES string of the molecule is CCOc1cc2cnc(Nc3ccc(NC4CCN(C)CC4)cc3)nc2n(Cc2ccoc2C2CC2)c1=O. The first kappa shape index (κ1) is 24.5. The molecule has 198 valence electrons. The quantitative estimate of drug-likeness (QED) is 0.324. The maximum Gasteiger partial charge on any atom is 0.294 e. The van der Waals surface area contributed by atoms with E-state index in [0.29, 0.717) is 42.5 Å². The van der Waals surface area contributed by atoms with Crippen LogP contribution in [0.25, 0.3) is 11.0 Å². The lowest BCUT2D eigenvalue weighted by atomic mass is 10.1. The molecule has 0 bridgehead atoms. The van der Waals surface area contributed by atoms with Gasteiger partial charge in [-0.3, -0.25) is 9.36 Å². The second-order valence-electron chi connectivity index (χ2n) is 10.3. The second kappa shape index (κ2) is 10.5. The van der Waals surface area contributed by atoms with E-state index in [0.717, 1.165) is 66.9 Å². The van der Waals surface area contributed by atoms with Crippen molar-refractivity contribution in [1.29, 1.82) is 0 Å². The number of hydrogen-bond acceptors (Lipinski definition) is 8. The minimum absolute atomic E-state index is 0.212. The van der Waals surface area contributed by atoms with Crippen molar-refractivity contribution in [3.63, 3.8) is 0 Å². The van der Waals surface area contributed by atoms with Crippen LogP contribution in [0, 0.1) is 0 Å². The van der Waals surface area contributed by atoms with Gasteiger partial charge in [-0.15, -0.1) is 0 Å². The average Bonchev–Trinajstić information content (AvgIpc) is 3.67. The number of piperidine rings is 1. The number of furan rings is 1. The molecule has 9 heteroatoms. The first-order valence-electron chi connectivity index (χ1n) is 13.5. The highest BCUT2D eigenvalue weighted by molar-refractivity contribution is 5.77. The Bertz CT molecular complexity index is 1470. The second-order valence-corrected chi connectivity index (χ2v) is 10.3. The molecule has 4 heterocycles. The van der Waals surface area contributed by atoms with Gasteiger partial charge in [-0.05, 0) is 89.1 Å². The maximum absolute atomic E-state index is 13.4. The number of fused-ring (bicyclic) bond motifs is 1. The number of ether oxygens (including phenoxy) is 1. The zero-order chi connectivity index (χ0) is 26.1. The molecule has 1 aromatic carbocycles. The van der Waals surface area contributed by atoms with Gasteiger partial charge in [-0.25, -0.2) is 4.98 Å². The molecular formula is C29H34N6O3. The molecule has 6 rings (SSSR count). The van der Waals surface area contributed by atoms with E-state index >= 15 is 0 Å². The van der Waals surface area contributed by atoms with Gasteiger partial charge in [0.25, 0.3) is 5.56 Å². The number of anilines is 3. The lowest BCUT2D eigenvalue weighted by molar-refractivity contribution is 0.264. The van der Waals surface area contributed by atoms with Crippen LogP contribution in [0.2, 0.25) is 0 Å². The van der Waals surface area contributed by atoms with E-state index in [2.05, 4.69) is 39.7 Å². The molecule has 2 aliphatic rings. The van der Waals surface area contributed by atoms with Gasteiger partial charge < -0.3 is 24.7 Å². The standard InChI is InChI=1S/C29H34N6O3/c1-3-37-25-16-21-17-30-29(32-23-8-6-22(7-9-23)31-24-10-13-34(2)14-11-24)33-27(21)35(28(25)36)18-20-12-15-38-26(20)19-4-5-19/h6-9,12,15-17,19,24,31H,3-5,10-11,13-14,18H2,1-2H3,(H,30,32,33). The molecule has 0 spiro atoms. The summed E-state index contributed by atoms with van der Waals surface area (Å²) in [5.41, 5.74) is 3.33. The zero-order valence-corrected chi connectivity index (χ0v) is 21.9. The third kappa shape index (κ3) is 5.24. The van der Waals surface area contributed by atoms with Crippen molar-refractivity contribution in [2.45, 2.75) is 51.1 Å². The fourth-order valence-corrected chi connectivity index (χ4v) is 5.12. The van der Waals surface area contributed by atoms with Crippen molar-refractivity contribution in [2.24, 2.45) is 0 Å². The fraction of sp³-hybridized carbons (Fsp3) is 0.414. The van der Waals surface area contributed by atoms with E-state index in [-0.39, 0.29) is 5.56 Å². The van der Waals surface area contributed by atoms with Crippen LogP contribution in [-0.2, 0) is 6.54 Å². The summed E-state index contributed by atoms with van der Waals surface area (Å²) in [4.78, 5) is 25.0. The van der Waals surface area contributed by atoms with E-state index in [1.807, 2.05) is 25.1 Å². The Morgan fingerprint density at radius 1 is 1.08 bits per heavy atom. The Balaban J connectivity index is 1.26. The predicted molar refractivity (Wildman–Crippen MR) is 149 cm³/mol. The van der Waals surface area contributed by atoms with Crippen molar-refractivity contribution < 1.29 is 9.15 Å². The van der Waals surface area contributed by atoms with Crippen LogP contribution in [0.3, 0.4) is 0 Å². The molecule has 1 aliphatic heterocycles. The van der Waals surface area contributed by atoms with Gasteiger partial charge in [0.1, 0.15) is 11.4 Å². The van der Waals surface area contributed by atoms with Gasteiger partial charge in [0.05, 0.1) is 19.4 Å². The summed E-state index contributed by atoms with van der Waals surface area (Å²) in [6.07, 6.45) is 7.98. The van der Waals surface area contributed by atoms with Crippen molar-refractivity contribution in [3.05, 3.63) is 70.5 Å². The molecule has 1 saturated carbocycles. The molecule has 0 atom stereocenters. The molecule has 4 aromatic rings. The van der Waals surface area contributed by atoms with Crippen LogP contribution in [0.15, 0.2) is 58.1 Å². The smallest absolute Gasteiger partial charge is 0.294 e. The maximum atomic E-state index is 13.4. The van der Waals surface area contributed by atoms with Gasteiger partial charge in [-0.1, -0.05) is 0 Å². The van der Waals surface area contributed by atoms with Crippen LogP contribution in [0.1, 0.15) is 49.8 Å². The number of rotatable bonds is 9. The van der Waals surface area contributed by atoms with E-state index in [1.54, 1.807) is 23.1 Å². The lowest BCUT2D eigenvalue weighted by Crippen LogP contribution is -2.36. The summed E-state index contributed by atoms with van der Waals surface area (Å²) in [7, 11) is 2.17. The Morgan fingerprint density at radius 3 is 2.58 bits per heavy atom. The number of aromatic nitrogens is 3. The molecule has 0 amide bonds. The highest BCUT2D eigenvalue weighted by atomic mass is 16.5. The van der Waals surface area contributed by atoms with Gasteiger partial charge >= 0.3 is 0 Å². The van der Waals surface area contributed by atoms with E-state index in [9.17, 15) is 4.79 Å². The van der Waals surface area contributed by atoms with Gasteiger partial charge in [0, 0.05) is 40.5 Å². The van der Waals surface area contributed by atoms with Crippen LogP contribution < -0.4 is 20.9 Å². The molecular weight excluding hydrogens is 480 g/mol. The molecule has 0 unspecified atom stereocenters. The third-order valence-electron chi connectivity index (χ3n) is 7.38. The summed E-state index contributed by atoms with van der Waals surface area (Å²) in [5.74, 6) is 2.14. The van der Waals surface area contributed by atoms with Gasteiger partial charge in [0.2, 0.25) is 5.95 Å². The van der Waals surface area contributed by atoms with Crippen LogP contribution in [0.5, 0.6) is 5.75 Å². The molecule has 1 saturated heterocycles. The number of pyridine rings is 1. The molecule has 0 radical (unpaired) electrons. The van der Waals surface area contributed by atoms with Gasteiger partial charge in [-0.2, -0.15) is 4.98 Å². The average molecular weight is 515 g/mol. The largest absolute Gasteiger partial charge is 0.488 e. The number of likely N-dealkylation sites (tertiary alicyclic amines) is 1.